The van der Waals surface area contributed by atoms with Gasteiger partial charge in [-0.25, -0.2) is 4.79 Å². The first-order valence-electron chi connectivity index (χ1n) is 9.80. The second-order valence-corrected chi connectivity index (χ2v) is 6.91. The van der Waals surface area contributed by atoms with Crippen LogP contribution in [0.5, 0.6) is 11.5 Å². The third-order valence-corrected chi connectivity index (χ3v) is 4.64. The van der Waals surface area contributed by atoms with Gasteiger partial charge in [-0.15, -0.1) is 0 Å². The molecule has 0 spiro atoms. The third kappa shape index (κ3) is 5.60. The molecule has 1 atom stereocenters. The number of anilines is 1. The van der Waals surface area contributed by atoms with Crippen molar-refractivity contribution < 1.29 is 24.2 Å². The largest absolute Gasteiger partial charge is 0.485 e. The van der Waals surface area contributed by atoms with Crippen molar-refractivity contribution in [3.8, 4) is 11.5 Å². The van der Waals surface area contributed by atoms with Gasteiger partial charge in [0, 0.05) is 6.08 Å². The van der Waals surface area contributed by atoms with E-state index in [9.17, 15) is 9.59 Å². The quantitative estimate of drug-likeness (QED) is 0.514. The Morgan fingerprint density at radius 1 is 1.17 bits per heavy atom. The molecule has 1 heterocycles. The van der Waals surface area contributed by atoms with Crippen LogP contribution in [0.15, 0.2) is 48.5 Å². The van der Waals surface area contributed by atoms with Crippen LogP contribution in [0.2, 0.25) is 0 Å². The average Bonchev–Trinajstić information content (AvgIpc) is 2.73. The van der Waals surface area contributed by atoms with Crippen LogP contribution in [0.4, 0.5) is 5.69 Å². The number of aliphatic carboxylic acids is 1. The number of ether oxygens (including phenoxy) is 2. The maximum atomic E-state index is 12.3. The summed E-state index contributed by atoms with van der Waals surface area (Å²) in [5.41, 5.74) is 2.59. The zero-order chi connectivity index (χ0) is 20.6. The first kappa shape index (κ1) is 20.5. The van der Waals surface area contributed by atoms with Gasteiger partial charge in [0.15, 0.2) is 11.5 Å². The van der Waals surface area contributed by atoms with Gasteiger partial charge in [0.25, 0.3) is 0 Å². The normalized spacial score (nSPS) is 15.3. The molecule has 0 bridgehead atoms. The average molecular weight is 395 g/mol. The van der Waals surface area contributed by atoms with E-state index in [1.807, 2.05) is 12.1 Å². The second kappa shape index (κ2) is 9.78. The SMILES string of the molecule is CCCCCc1ccc(C=CC(=O)Nc2cccc3c2OC(C(=O)O)CO3)cc1. The van der Waals surface area contributed by atoms with Crippen LogP contribution in [0.3, 0.4) is 0 Å². The summed E-state index contributed by atoms with van der Waals surface area (Å²) in [4.78, 5) is 23.5. The van der Waals surface area contributed by atoms with Crippen LogP contribution >= 0.6 is 0 Å². The van der Waals surface area contributed by atoms with Gasteiger partial charge in [0.2, 0.25) is 12.0 Å². The Balaban J connectivity index is 1.62. The molecule has 1 unspecified atom stereocenters. The van der Waals surface area contributed by atoms with Crippen LogP contribution in [-0.4, -0.2) is 29.7 Å². The van der Waals surface area contributed by atoms with E-state index in [0.717, 1.165) is 12.0 Å². The predicted molar refractivity (Wildman–Crippen MR) is 111 cm³/mol. The van der Waals surface area contributed by atoms with Gasteiger partial charge < -0.3 is 19.9 Å². The molecular formula is C23H25NO5. The third-order valence-electron chi connectivity index (χ3n) is 4.64. The lowest BCUT2D eigenvalue weighted by atomic mass is 10.1. The molecule has 0 saturated heterocycles. The van der Waals surface area contributed by atoms with E-state index >= 15 is 0 Å². The number of rotatable bonds is 8. The molecule has 1 amide bonds. The number of benzene rings is 2. The van der Waals surface area contributed by atoms with Gasteiger partial charge in [-0.3, -0.25) is 4.79 Å². The summed E-state index contributed by atoms with van der Waals surface area (Å²) in [5, 5.41) is 11.8. The van der Waals surface area contributed by atoms with E-state index in [1.165, 1.54) is 30.9 Å². The molecule has 152 valence electrons. The number of carboxylic acids is 1. The number of para-hydroxylation sites is 1. The maximum absolute atomic E-state index is 12.3. The molecule has 6 nitrogen and oxygen atoms in total. The van der Waals surface area contributed by atoms with Crippen molar-refractivity contribution in [2.45, 2.75) is 38.7 Å². The molecule has 2 N–H and O–H groups in total. The van der Waals surface area contributed by atoms with E-state index < -0.39 is 12.1 Å². The Hall–Kier alpha value is -3.28. The molecule has 1 aliphatic heterocycles. The molecule has 6 heteroatoms. The van der Waals surface area contributed by atoms with Crippen LogP contribution in [0, 0.1) is 0 Å². The molecule has 2 aromatic carbocycles. The molecule has 0 fully saturated rings. The fourth-order valence-corrected chi connectivity index (χ4v) is 3.03. The van der Waals surface area contributed by atoms with Crippen LogP contribution in [0.25, 0.3) is 6.08 Å². The summed E-state index contributed by atoms with van der Waals surface area (Å²) in [6.45, 7) is 2.11. The van der Waals surface area contributed by atoms with Crippen molar-refractivity contribution in [1.82, 2.24) is 0 Å². The van der Waals surface area contributed by atoms with Crippen molar-refractivity contribution in [1.29, 1.82) is 0 Å². The highest BCUT2D eigenvalue weighted by molar-refractivity contribution is 6.03. The second-order valence-electron chi connectivity index (χ2n) is 6.91. The van der Waals surface area contributed by atoms with Crippen molar-refractivity contribution in [3.63, 3.8) is 0 Å². The molecule has 2 aromatic rings. The fraction of sp³-hybridized carbons (Fsp3) is 0.304. The number of hydrogen-bond donors (Lipinski definition) is 2. The van der Waals surface area contributed by atoms with Crippen LogP contribution in [0.1, 0.15) is 37.3 Å². The number of carboxylic acid groups (broad SMARTS) is 1. The van der Waals surface area contributed by atoms with Gasteiger partial charge >= 0.3 is 5.97 Å². The fourth-order valence-electron chi connectivity index (χ4n) is 3.03. The highest BCUT2D eigenvalue weighted by Gasteiger charge is 2.29. The number of fused-ring (bicyclic) bond motifs is 1. The summed E-state index contributed by atoms with van der Waals surface area (Å²) in [7, 11) is 0. The molecule has 1 aliphatic rings. The van der Waals surface area contributed by atoms with Crippen molar-refractivity contribution in [2.75, 3.05) is 11.9 Å². The minimum absolute atomic E-state index is 0.0753. The predicted octanol–water partition coefficient (Wildman–Crippen LogP) is 4.30. The lowest BCUT2D eigenvalue weighted by Gasteiger charge is -2.25. The van der Waals surface area contributed by atoms with Gasteiger partial charge in [0.05, 0.1) is 5.69 Å². The number of aryl methyl sites for hydroxylation is 1. The number of hydrogen-bond acceptors (Lipinski definition) is 4. The maximum Gasteiger partial charge on any atom is 0.348 e. The number of carbonyl (C=O) groups is 2. The van der Waals surface area contributed by atoms with E-state index in [1.54, 1.807) is 24.3 Å². The van der Waals surface area contributed by atoms with Gasteiger partial charge in [-0.05, 0) is 42.2 Å². The summed E-state index contributed by atoms with van der Waals surface area (Å²) >= 11 is 0. The van der Waals surface area contributed by atoms with Gasteiger partial charge in [-0.1, -0.05) is 50.1 Å². The first-order chi connectivity index (χ1) is 14.1. The highest BCUT2D eigenvalue weighted by atomic mass is 16.6. The van der Waals surface area contributed by atoms with Crippen molar-refractivity contribution >= 4 is 23.6 Å². The van der Waals surface area contributed by atoms with E-state index in [4.69, 9.17) is 14.6 Å². The Labute approximate surface area is 170 Å². The Morgan fingerprint density at radius 2 is 1.97 bits per heavy atom. The summed E-state index contributed by atoms with van der Waals surface area (Å²) in [6, 6.07) is 13.2. The number of carbonyl (C=O) groups excluding carboxylic acids is 1. The molecule has 0 aliphatic carbocycles. The number of nitrogens with one attached hydrogen (secondary N) is 1. The zero-order valence-corrected chi connectivity index (χ0v) is 16.4. The minimum Gasteiger partial charge on any atom is -0.485 e. The van der Waals surface area contributed by atoms with Gasteiger partial charge in [-0.2, -0.15) is 0 Å². The highest BCUT2D eigenvalue weighted by Crippen LogP contribution is 2.38. The topological polar surface area (TPSA) is 84.9 Å². The van der Waals surface area contributed by atoms with E-state index in [0.29, 0.717) is 11.4 Å². The first-order valence-corrected chi connectivity index (χ1v) is 9.80. The van der Waals surface area contributed by atoms with Crippen LogP contribution < -0.4 is 14.8 Å². The Kier molecular flexibility index (Phi) is 6.89. The molecule has 29 heavy (non-hydrogen) atoms. The lowest BCUT2D eigenvalue weighted by molar-refractivity contribution is -0.147. The van der Waals surface area contributed by atoms with E-state index in [2.05, 4.69) is 24.4 Å². The zero-order valence-electron chi connectivity index (χ0n) is 16.4. The minimum atomic E-state index is -1.12. The molecule has 0 radical (unpaired) electrons. The molecule has 3 rings (SSSR count). The molecular weight excluding hydrogens is 370 g/mol. The van der Waals surface area contributed by atoms with Crippen molar-refractivity contribution in [2.24, 2.45) is 0 Å². The summed E-state index contributed by atoms with van der Waals surface area (Å²) in [5.74, 6) is -0.825. The molecule has 0 saturated carbocycles. The number of unbranched alkanes of at least 4 members (excludes halogenated alkanes) is 2. The Bertz CT molecular complexity index is 889. The summed E-state index contributed by atoms with van der Waals surface area (Å²) < 4.78 is 10.9. The monoisotopic (exact) mass is 395 g/mol. The van der Waals surface area contributed by atoms with Crippen molar-refractivity contribution in [3.05, 3.63) is 59.7 Å². The van der Waals surface area contributed by atoms with E-state index in [-0.39, 0.29) is 18.3 Å². The summed E-state index contributed by atoms with van der Waals surface area (Å²) in [6.07, 6.45) is 6.75. The lowest BCUT2D eigenvalue weighted by Crippen LogP contribution is -2.36. The number of amides is 1. The Morgan fingerprint density at radius 3 is 2.69 bits per heavy atom. The van der Waals surface area contributed by atoms with Crippen LogP contribution in [-0.2, 0) is 16.0 Å². The smallest absolute Gasteiger partial charge is 0.348 e. The van der Waals surface area contributed by atoms with Gasteiger partial charge in [0.1, 0.15) is 6.61 Å². The molecule has 0 aromatic heterocycles. The standard InChI is InChI=1S/C23H25NO5/c1-2-3-4-6-16-9-11-17(12-10-16)13-14-21(25)24-18-7-5-8-19-22(18)29-20(15-28-19)23(26)27/h5,7-14,20H,2-4,6,15H2,1H3,(H,24,25)(H,26,27).